The number of rotatable bonds is 3. The van der Waals surface area contributed by atoms with Gasteiger partial charge in [0.2, 0.25) is 5.91 Å². The summed E-state index contributed by atoms with van der Waals surface area (Å²) in [6.07, 6.45) is 1.48. The van der Waals surface area contributed by atoms with Crippen LogP contribution < -0.4 is 5.73 Å². The molecule has 1 saturated heterocycles. The van der Waals surface area contributed by atoms with Crippen LogP contribution in [0.25, 0.3) is 0 Å². The Morgan fingerprint density at radius 1 is 1.19 bits per heavy atom. The van der Waals surface area contributed by atoms with Crippen LogP contribution in [-0.4, -0.2) is 48.8 Å². The van der Waals surface area contributed by atoms with E-state index in [-0.39, 0.29) is 17.7 Å². The normalized spacial score (nSPS) is 15.9. The van der Waals surface area contributed by atoms with E-state index in [1.165, 1.54) is 0 Å². The highest BCUT2D eigenvalue weighted by Gasteiger charge is 2.28. The van der Waals surface area contributed by atoms with Gasteiger partial charge in [-0.2, -0.15) is 0 Å². The maximum atomic E-state index is 12.4. The predicted octanol–water partition coefficient (Wildman–Crippen LogP) is 1.09. The number of carbonyl (C=O) groups excluding carboxylic acids is 2. The number of amides is 2. The van der Waals surface area contributed by atoms with Crippen molar-refractivity contribution in [2.24, 2.45) is 11.7 Å². The van der Waals surface area contributed by atoms with Gasteiger partial charge in [0.05, 0.1) is 0 Å². The molecule has 0 spiro atoms. The van der Waals surface area contributed by atoms with Gasteiger partial charge in [-0.25, -0.2) is 0 Å². The quantitative estimate of drug-likeness (QED) is 0.905. The lowest BCUT2D eigenvalue weighted by atomic mass is 9.95. The molecule has 0 saturated carbocycles. The zero-order valence-corrected chi connectivity index (χ0v) is 12.7. The molecule has 114 valence electrons. The zero-order chi connectivity index (χ0) is 15.4. The number of likely N-dealkylation sites (tertiary alicyclic amines) is 1. The van der Waals surface area contributed by atoms with Crippen molar-refractivity contribution in [2.45, 2.75) is 19.4 Å². The molecule has 0 aromatic heterocycles. The first-order chi connectivity index (χ1) is 10.0. The Bertz CT molecular complexity index is 503. The Hall–Kier alpha value is -1.88. The van der Waals surface area contributed by atoms with Crippen molar-refractivity contribution >= 4 is 11.8 Å². The number of piperidine rings is 1. The molecule has 1 aliphatic rings. The molecule has 0 unspecified atom stereocenters. The number of nitrogens with zero attached hydrogens (tertiary/aromatic N) is 2. The van der Waals surface area contributed by atoms with Gasteiger partial charge < -0.3 is 15.5 Å². The molecule has 1 aliphatic heterocycles. The lowest BCUT2D eigenvalue weighted by Gasteiger charge is -2.32. The SMILES string of the molecule is CN(C)C(=O)C1CCN(C(=O)c2ccc(CN)cc2)CC1. The van der Waals surface area contributed by atoms with Crippen molar-refractivity contribution in [1.82, 2.24) is 9.80 Å². The Labute approximate surface area is 125 Å². The lowest BCUT2D eigenvalue weighted by Crippen LogP contribution is -2.42. The largest absolute Gasteiger partial charge is 0.349 e. The fourth-order valence-electron chi connectivity index (χ4n) is 2.66. The zero-order valence-electron chi connectivity index (χ0n) is 12.7. The first-order valence-corrected chi connectivity index (χ1v) is 7.32. The van der Waals surface area contributed by atoms with E-state index in [2.05, 4.69) is 0 Å². The molecular formula is C16H23N3O2. The minimum Gasteiger partial charge on any atom is -0.349 e. The van der Waals surface area contributed by atoms with E-state index in [0.29, 0.717) is 25.2 Å². The summed E-state index contributed by atoms with van der Waals surface area (Å²) in [4.78, 5) is 27.8. The van der Waals surface area contributed by atoms with E-state index in [1.807, 2.05) is 29.2 Å². The van der Waals surface area contributed by atoms with Gasteiger partial charge in [0.25, 0.3) is 5.91 Å². The second-order valence-corrected chi connectivity index (χ2v) is 5.70. The third-order valence-corrected chi connectivity index (χ3v) is 4.01. The fraction of sp³-hybridized carbons (Fsp3) is 0.500. The Morgan fingerprint density at radius 2 is 1.76 bits per heavy atom. The van der Waals surface area contributed by atoms with Crippen LogP contribution in [0.15, 0.2) is 24.3 Å². The summed E-state index contributed by atoms with van der Waals surface area (Å²) in [5.41, 5.74) is 7.26. The molecule has 0 atom stereocenters. The molecule has 0 bridgehead atoms. The summed E-state index contributed by atoms with van der Waals surface area (Å²) in [5.74, 6) is 0.243. The first-order valence-electron chi connectivity index (χ1n) is 7.32. The van der Waals surface area contributed by atoms with E-state index in [4.69, 9.17) is 5.73 Å². The third kappa shape index (κ3) is 3.61. The monoisotopic (exact) mass is 289 g/mol. The van der Waals surface area contributed by atoms with Crippen LogP contribution in [0.3, 0.4) is 0 Å². The highest BCUT2D eigenvalue weighted by Crippen LogP contribution is 2.20. The van der Waals surface area contributed by atoms with Crippen molar-refractivity contribution in [3.05, 3.63) is 35.4 Å². The highest BCUT2D eigenvalue weighted by atomic mass is 16.2. The minimum absolute atomic E-state index is 0.0364. The van der Waals surface area contributed by atoms with Gasteiger partial charge in [0.1, 0.15) is 0 Å². The van der Waals surface area contributed by atoms with Gasteiger partial charge in [-0.05, 0) is 30.5 Å². The summed E-state index contributed by atoms with van der Waals surface area (Å²) in [6, 6.07) is 7.41. The predicted molar refractivity (Wildman–Crippen MR) is 81.7 cm³/mol. The van der Waals surface area contributed by atoms with Crippen LogP contribution in [-0.2, 0) is 11.3 Å². The molecule has 5 nitrogen and oxygen atoms in total. The summed E-state index contributed by atoms with van der Waals surface area (Å²) in [5, 5.41) is 0. The van der Waals surface area contributed by atoms with Crippen LogP contribution in [0, 0.1) is 5.92 Å². The van der Waals surface area contributed by atoms with Gasteiger partial charge >= 0.3 is 0 Å². The van der Waals surface area contributed by atoms with Gasteiger partial charge in [-0.15, -0.1) is 0 Å². The lowest BCUT2D eigenvalue weighted by molar-refractivity contribution is -0.134. The van der Waals surface area contributed by atoms with Crippen LogP contribution in [0.2, 0.25) is 0 Å². The molecule has 1 heterocycles. The van der Waals surface area contributed by atoms with Crippen LogP contribution in [0.4, 0.5) is 0 Å². The van der Waals surface area contributed by atoms with Gasteiger partial charge in [-0.3, -0.25) is 9.59 Å². The molecular weight excluding hydrogens is 266 g/mol. The van der Waals surface area contributed by atoms with Crippen LogP contribution >= 0.6 is 0 Å². The highest BCUT2D eigenvalue weighted by molar-refractivity contribution is 5.94. The van der Waals surface area contributed by atoms with Crippen molar-refractivity contribution in [3.63, 3.8) is 0 Å². The van der Waals surface area contributed by atoms with E-state index >= 15 is 0 Å². The van der Waals surface area contributed by atoms with Gasteiger partial charge in [0, 0.05) is 45.2 Å². The second-order valence-electron chi connectivity index (χ2n) is 5.70. The molecule has 0 radical (unpaired) electrons. The van der Waals surface area contributed by atoms with E-state index in [9.17, 15) is 9.59 Å². The average Bonchev–Trinajstić information content (AvgIpc) is 2.53. The maximum absolute atomic E-state index is 12.4. The van der Waals surface area contributed by atoms with Crippen molar-refractivity contribution in [1.29, 1.82) is 0 Å². The van der Waals surface area contributed by atoms with Crippen molar-refractivity contribution in [3.8, 4) is 0 Å². The summed E-state index contributed by atoms with van der Waals surface area (Å²) in [7, 11) is 3.55. The van der Waals surface area contributed by atoms with E-state index in [1.54, 1.807) is 19.0 Å². The number of nitrogens with two attached hydrogens (primary N) is 1. The summed E-state index contributed by atoms with van der Waals surface area (Å²) >= 11 is 0. The number of hydrogen-bond acceptors (Lipinski definition) is 3. The van der Waals surface area contributed by atoms with E-state index in [0.717, 1.165) is 18.4 Å². The molecule has 2 N–H and O–H groups in total. The molecule has 1 fully saturated rings. The Morgan fingerprint density at radius 3 is 2.24 bits per heavy atom. The number of benzene rings is 1. The second kappa shape index (κ2) is 6.72. The smallest absolute Gasteiger partial charge is 0.253 e. The van der Waals surface area contributed by atoms with E-state index < -0.39 is 0 Å². The third-order valence-electron chi connectivity index (χ3n) is 4.01. The van der Waals surface area contributed by atoms with Crippen molar-refractivity contribution < 1.29 is 9.59 Å². The first kappa shape index (κ1) is 15.5. The molecule has 2 amide bonds. The topological polar surface area (TPSA) is 66.6 Å². The minimum atomic E-state index is 0.0364. The molecule has 0 aliphatic carbocycles. The van der Waals surface area contributed by atoms with Gasteiger partial charge in [-0.1, -0.05) is 12.1 Å². The number of hydrogen-bond donors (Lipinski definition) is 1. The fourth-order valence-corrected chi connectivity index (χ4v) is 2.66. The summed E-state index contributed by atoms with van der Waals surface area (Å²) < 4.78 is 0. The maximum Gasteiger partial charge on any atom is 0.253 e. The molecule has 1 aromatic rings. The molecule has 21 heavy (non-hydrogen) atoms. The standard InChI is InChI=1S/C16H23N3O2/c1-18(2)15(20)14-7-9-19(10-8-14)16(21)13-5-3-12(11-17)4-6-13/h3-6,14H,7-11,17H2,1-2H3. The van der Waals surface area contributed by atoms with Crippen LogP contribution in [0.1, 0.15) is 28.8 Å². The number of carbonyl (C=O) groups is 2. The average molecular weight is 289 g/mol. The van der Waals surface area contributed by atoms with Gasteiger partial charge in [0.15, 0.2) is 0 Å². The molecule has 1 aromatic carbocycles. The molecule has 2 rings (SSSR count). The van der Waals surface area contributed by atoms with Crippen LogP contribution in [0.5, 0.6) is 0 Å². The summed E-state index contributed by atoms with van der Waals surface area (Å²) in [6.45, 7) is 1.76. The Balaban J connectivity index is 1.95. The van der Waals surface area contributed by atoms with Crippen molar-refractivity contribution in [2.75, 3.05) is 27.2 Å². The Kier molecular flexibility index (Phi) is 4.96. The molecule has 5 heteroatoms.